The number of H-pyrrole nitrogens is 1. The lowest BCUT2D eigenvalue weighted by molar-refractivity contribution is -0.391. The van der Waals surface area contributed by atoms with Gasteiger partial charge in [0.2, 0.25) is 5.88 Å². The van der Waals surface area contributed by atoms with Crippen molar-refractivity contribution in [1.29, 1.82) is 0 Å². The normalized spacial score (nSPS) is 9.54. The minimum absolute atomic E-state index is 0.588. The molecule has 1 N–H and O–H groups in total. The molecule has 2 aromatic rings. The van der Waals surface area contributed by atoms with Crippen LogP contribution >= 0.6 is 0 Å². The van der Waals surface area contributed by atoms with Crippen LogP contribution in [-0.2, 0) is 0 Å². The summed E-state index contributed by atoms with van der Waals surface area (Å²) >= 11 is 0. The maximum atomic E-state index is 5.41. The van der Waals surface area contributed by atoms with Crippen LogP contribution < -0.4 is 9.72 Å². The highest BCUT2D eigenvalue weighted by molar-refractivity contribution is 5.15. The van der Waals surface area contributed by atoms with Gasteiger partial charge in [0.1, 0.15) is 0 Å². The molecule has 3 nitrogen and oxygen atoms in total. The summed E-state index contributed by atoms with van der Waals surface area (Å²) in [6.45, 7) is 0. The molecule has 0 saturated carbocycles. The van der Waals surface area contributed by atoms with Crippen LogP contribution in [0.25, 0.3) is 0 Å². The third-order valence-corrected chi connectivity index (χ3v) is 1.53. The molecule has 0 saturated heterocycles. The molecular weight excluding hydrogens is 164 g/mol. The van der Waals surface area contributed by atoms with Crippen molar-refractivity contribution < 1.29 is 9.72 Å². The largest absolute Gasteiger partial charge is 0.386 e. The summed E-state index contributed by atoms with van der Waals surface area (Å²) in [6.07, 6.45) is 3.50. The van der Waals surface area contributed by atoms with Gasteiger partial charge in [-0.3, -0.25) is 0 Å². The molecule has 0 spiro atoms. The number of hydrogen-bond acceptors (Lipinski definition) is 2. The van der Waals surface area contributed by atoms with Gasteiger partial charge in [0.15, 0.2) is 6.20 Å². The van der Waals surface area contributed by atoms with Crippen LogP contribution in [0.15, 0.2) is 48.8 Å². The fourth-order valence-corrected chi connectivity index (χ4v) is 0.960. The van der Waals surface area contributed by atoms with Crippen molar-refractivity contribution in [1.82, 2.24) is 4.98 Å². The van der Waals surface area contributed by atoms with Crippen molar-refractivity contribution in [3.05, 3.63) is 48.8 Å². The minimum Gasteiger partial charge on any atom is -0.386 e. The molecule has 2 aromatic heterocycles. The van der Waals surface area contributed by atoms with E-state index >= 15 is 0 Å². The van der Waals surface area contributed by atoms with Crippen LogP contribution in [0.4, 0.5) is 0 Å². The Morgan fingerprint density at radius 3 is 2.69 bits per heavy atom. The molecule has 0 aliphatic heterocycles. The first-order valence-corrected chi connectivity index (χ1v) is 4.01. The van der Waals surface area contributed by atoms with Crippen molar-refractivity contribution in [2.75, 3.05) is 0 Å². The van der Waals surface area contributed by atoms with Gasteiger partial charge >= 0.3 is 5.88 Å². The minimum atomic E-state index is 0.588. The summed E-state index contributed by atoms with van der Waals surface area (Å²) in [5.41, 5.74) is 0. The van der Waals surface area contributed by atoms with E-state index in [4.69, 9.17) is 4.74 Å². The Balaban J connectivity index is 2.16. The van der Waals surface area contributed by atoms with E-state index < -0.39 is 0 Å². The number of hydrogen-bond donors (Lipinski definition) is 0. The predicted octanol–water partition coefficient (Wildman–Crippen LogP) is 1.69. The lowest BCUT2D eigenvalue weighted by atomic mass is 10.5. The average molecular weight is 173 g/mol. The lowest BCUT2D eigenvalue weighted by Crippen LogP contribution is -2.04. The maximum absolute atomic E-state index is 5.41. The highest BCUT2D eigenvalue weighted by Crippen LogP contribution is 2.11. The zero-order chi connectivity index (χ0) is 8.93. The van der Waals surface area contributed by atoms with E-state index in [-0.39, 0.29) is 0 Å². The summed E-state index contributed by atoms with van der Waals surface area (Å²) in [5, 5.41) is 0. The number of aromatic nitrogens is 2. The van der Waals surface area contributed by atoms with E-state index in [1.54, 1.807) is 18.5 Å². The van der Waals surface area contributed by atoms with E-state index in [2.05, 4.69) is 9.97 Å². The van der Waals surface area contributed by atoms with Crippen LogP contribution in [0.3, 0.4) is 0 Å². The zero-order valence-corrected chi connectivity index (χ0v) is 6.97. The van der Waals surface area contributed by atoms with Gasteiger partial charge in [-0.2, -0.15) is 4.98 Å². The molecule has 13 heavy (non-hydrogen) atoms. The molecular formula is C10H9N2O+. The van der Waals surface area contributed by atoms with E-state index in [1.165, 1.54) is 0 Å². The summed E-state index contributed by atoms with van der Waals surface area (Å²) in [7, 11) is 0. The third-order valence-electron chi connectivity index (χ3n) is 1.53. The molecule has 0 bridgehead atoms. The lowest BCUT2D eigenvalue weighted by Gasteiger charge is -1.96. The summed E-state index contributed by atoms with van der Waals surface area (Å²) in [4.78, 5) is 6.99. The Morgan fingerprint density at radius 1 is 1.08 bits per heavy atom. The monoisotopic (exact) mass is 173 g/mol. The molecule has 2 rings (SSSR count). The van der Waals surface area contributed by atoms with Gasteiger partial charge in [0.25, 0.3) is 0 Å². The quantitative estimate of drug-likeness (QED) is 0.692. The van der Waals surface area contributed by atoms with Crippen LogP contribution in [0.1, 0.15) is 0 Å². The molecule has 0 aliphatic carbocycles. The van der Waals surface area contributed by atoms with Crippen molar-refractivity contribution >= 4 is 0 Å². The second-order valence-electron chi connectivity index (χ2n) is 2.50. The van der Waals surface area contributed by atoms with Crippen LogP contribution in [0.2, 0.25) is 0 Å². The summed E-state index contributed by atoms with van der Waals surface area (Å²) < 4.78 is 5.41. The molecule has 0 unspecified atom stereocenters. The van der Waals surface area contributed by atoms with Gasteiger partial charge in [-0.1, -0.05) is 6.07 Å². The van der Waals surface area contributed by atoms with E-state index in [1.807, 2.05) is 30.3 Å². The van der Waals surface area contributed by atoms with Crippen LogP contribution in [-0.4, -0.2) is 4.98 Å². The second-order valence-corrected chi connectivity index (χ2v) is 2.50. The second kappa shape index (κ2) is 3.67. The molecule has 2 heterocycles. The first-order valence-electron chi connectivity index (χ1n) is 4.01. The standard InChI is InChI=1S/C10H8N2O/c1-3-7-11-9(5-1)13-10-6-2-4-8-12-10/h1-8H/p+1. The molecule has 64 valence electrons. The molecule has 0 amide bonds. The van der Waals surface area contributed by atoms with E-state index in [0.717, 1.165) is 0 Å². The first kappa shape index (κ1) is 7.73. The zero-order valence-electron chi connectivity index (χ0n) is 6.97. The van der Waals surface area contributed by atoms with Crippen molar-refractivity contribution in [3.8, 4) is 11.8 Å². The van der Waals surface area contributed by atoms with Gasteiger partial charge in [0, 0.05) is 18.3 Å². The molecule has 0 radical (unpaired) electrons. The Bertz CT molecular complexity index is 324. The number of nitrogens with one attached hydrogen (secondary N) is 1. The number of ether oxygens (including phenoxy) is 1. The van der Waals surface area contributed by atoms with E-state index in [0.29, 0.717) is 11.8 Å². The molecule has 0 fully saturated rings. The topological polar surface area (TPSA) is 36.3 Å². The Labute approximate surface area is 76.0 Å². The Hall–Kier alpha value is -1.90. The van der Waals surface area contributed by atoms with Crippen LogP contribution in [0.5, 0.6) is 11.8 Å². The van der Waals surface area contributed by atoms with Gasteiger partial charge in [0.05, 0.1) is 6.07 Å². The fourth-order valence-electron chi connectivity index (χ4n) is 0.960. The first-order chi connectivity index (χ1) is 6.45. The molecule has 0 aromatic carbocycles. The number of pyridine rings is 2. The summed E-state index contributed by atoms with van der Waals surface area (Å²) in [6, 6.07) is 11.2. The van der Waals surface area contributed by atoms with Crippen molar-refractivity contribution in [2.24, 2.45) is 0 Å². The van der Waals surface area contributed by atoms with Crippen molar-refractivity contribution in [3.63, 3.8) is 0 Å². The Kier molecular flexibility index (Phi) is 2.18. The van der Waals surface area contributed by atoms with Crippen LogP contribution in [0, 0.1) is 0 Å². The van der Waals surface area contributed by atoms with Gasteiger partial charge in [-0.25, -0.2) is 4.98 Å². The number of nitrogens with zero attached hydrogens (tertiary/aromatic N) is 1. The molecule has 3 heteroatoms. The fraction of sp³-hybridized carbons (Fsp3) is 0. The molecule has 0 atom stereocenters. The summed E-state index contributed by atoms with van der Waals surface area (Å²) in [5.74, 6) is 1.27. The van der Waals surface area contributed by atoms with Crippen molar-refractivity contribution in [2.45, 2.75) is 0 Å². The van der Waals surface area contributed by atoms with Gasteiger partial charge in [-0.15, -0.1) is 0 Å². The number of rotatable bonds is 2. The van der Waals surface area contributed by atoms with E-state index in [9.17, 15) is 0 Å². The van der Waals surface area contributed by atoms with Gasteiger partial charge in [-0.05, 0) is 12.1 Å². The maximum Gasteiger partial charge on any atom is 0.372 e. The average Bonchev–Trinajstić information content (AvgIpc) is 2.21. The highest BCUT2D eigenvalue weighted by atomic mass is 16.5. The SMILES string of the molecule is c1ccc(Oc2cccc[nH+]2)nc1. The highest BCUT2D eigenvalue weighted by Gasteiger charge is 2.01. The smallest absolute Gasteiger partial charge is 0.372 e. The Morgan fingerprint density at radius 2 is 2.00 bits per heavy atom. The predicted molar refractivity (Wildman–Crippen MR) is 47.3 cm³/mol. The third kappa shape index (κ3) is 2.02. The number of aromatic amines is 1. The molecule has 0 aliphatic rings. The van der Waals surface area contributed by atoms with Gasteiger partial charge < -0.3 is 4.74 Å².